The van der Waals surface area contributed by atoms with Crippen molar-refractivity contribution in [2.45, 2.75) is 92.8 Å². The standard InChI is InChI=1S/C13H18FN.C13H16FN.C2H6.CH4/c2*1-9(2)12-7-8-13(15-12)10-3-5-11(14)6-4-10;1-2;/h3-6,9,12-13,15H,7-8H2,1-2H3;3-6,9,13H,7-8H2,1-2H3;1-2H3;1H4/t12-,13+;13-;;/m10../s1/i;;1D;. The Balaban J connectivity index is 0.000000297. The third-order valence-electron chi connectivity index (χ3n) is 6.18. The van der Waals surface area contributed by atoms with Gasteiger partial charge in [-0.15, -0.1) is 0 Å². The fraction of sp³-hybridized carbons (Fsp3) is 0.552. The molecule has 0 saturated carbocycles. The molecular weight excluding hydrogens is 414 g/mol. The Hall–Kier alpha value is -2.07. The lowest BCUT2D eigenvalue weighted by molar-refractivity contribution is 0.432. The van der Waals surface area contributed by atoms with Crippen LogP contribution in [0, 0.1) is 23.5 Å². The van der Waals surface area contributed by atoms with Gasteiger partial charge in [-0.2, -0.15) is 0 Å². The minimum Gasteiger partial charge on any atom is -0.307 e. The predicted molar refractivity (Wildman–Crippen MR) is 139 cm³/mol. The van der Waals surface area contributed by atoms with Crippen LogP contribution >= 0.6 is 0 Å². The third-order valence-corrected chi connectivity index (χ3v) is 6.18. The molecule has 0 spiro atoms. The first-order valence-electron chi connectivity index (χ1n) is 12.6. The van der Waals surface area contributed by atoms with E-state index in [4.69, 9.17) is 1.37 Å². The summed E-state index contributed by atoms with van der Waals surface area (Å²) in [7, 11) is 0. The first-order valence-corrected chi connectivity index (χ1v) is 11.9. The second kappa shape index (κ2) is 14.2. The zero-order chi connectivity index (χ0) is 24.4. The highest BCUT2D eigenvalue weighted by atomic mass is 19.1. The summed E-state index contributed by atoms with van der Waals surface area (Å²) in [6, 6.07) is 14.8. The highest BCUT2D eigenvalue weighted by Crippen LogP contribution is 2.31. The molecule has 4 heteroatoms. The Labute approximate surface area is 202 Å². The van der Waals surface area contributed by atoms with Crippen LogP contribution in [0.3, 0.4) is 0 Å². The van der Waals surface area contributed by atoms with Crippen molar-refractivity contribution in [1.29, 1.82) is 0 Å². The van der Waals surface area contributed by atoms with Crippen LogP contribution in [0.1, 0.15) is 99.2 Å². The monoisotopic (exact) mass is 459 g/mol. The maximum Gasteiger partial charge on any atom is 0.123 e. The number of hydrogen-bond donors (Lipinski definition) is 1. The Morgan fingerprint density at radius 3 is 1.82 bits per heavy atom. The maximum atomic E-state index is 12.8. The number of nitrogens with one attached hydrogen (secondary N) is 1. The predicted octanol–water partition coefficient (Wildman–Crippen LogP) is 8.69. The zero-order valence-corrected chi connectivity index (χ0v) is 20.2. The van der Waals surface area contributed by atoms with Crippen LogP contribution in [0.2, 0.25) is 0 Å². The van der Waals surface area contributed by atoms with Crippen molar-refractivity contribution in [3.05, 3.63) is 71.3 Å². The summed E-state index contributed by atoms with van der Waals surface area (Å²) >= 11 is 0. The lowest BCUT2D eigenvalue weighted by atomic mass is 10.0. The first kappa shape index (κ1) is 27.2. The lowest BCUT2D eigenvalue weighted by Crippen LogP contribution is -2.28. The van der Waals surface area contributed by atoms with Crippen molar-refractivity contribution in [2.75, 3.05) is 0 Å². The Morgan fingerprint density at radius 1 is 0.879 bits per heavy atom. The van der Waals surface area contributed by atoms with Crippen molar-refractivity contribution in [3.63, 3.8) is 0 Å². The summed E-state index contributed by atoms with van der Waals surface area (Å²) in [6.45, 7) is 11.1. The molecule has 1 N–H and O–H groups in total. The summed E-state index contributed by atoms with van der Waals surface area (Å²) in [5, 5.41) is 3.60. The van der Waals surface area contributed by atoms with E-state index in [0.717, 1.165) is 24.8 Å². The zero-order valence-electron chi connectivity index (χ0n) is 21.2. The van der Waals surface area contributed by atoms with E-state index in [9.17, 15) is 8.78 Å². The molecule has 0 radical (unpaired) electrons. The summed E-state index contributed by atoms with van der Waals surface area (Å²) in [5.41, 5.74) is 3.64. The van der Waals surface area contributed by atoms with E-state index < -0.39 is 0 Å². The molecule has 2 aliphatic rings. The van der Waals surface area contributed by atoms with Crippen LogP contribution in [0.15, 0.2) is 53.5 Å². The van der Waals surface area contributed by atoms with Gasteiger partial charge in [0.05, 0.1) is 6.04 Å². The Kier molecular flexibility index (Phi) is 11.7. The molecule has 2 heterocycles. The molecule has 1 fully saturated rings. The van der Waals surface area contributed by atoms with Crippen LogP contribution in [-0.4, -0.2) is 11.8 Å². The molecule has 0 amide bonds. The highest BCUT2D eigenvalue weighted by molar-refractivity contribution is 5.87. The average molecular weight is 460 g/mol. The van der Waals surface area contributed by atoms with Gasteiger partial charge in [0.15, 0.2) is 0 Å². The van der Waals surface area contributed by atoms with E-state index in [1.165, 1.54) is 29.8 Å². The fourth-order valence-corrected chi connectivity index (χ4v) is 4.23. The topological polar surface area (TPSA) is 24.4 Å². The Bertz CT molecular complexity index is 847. The number of benzene rings is 2. The van der Waals surface area contributed by atoms with Gasteiger partial charge in [-0.05, 0) is 72.9 Å². The molecule has 3 atom stereocenters. The van der Waals surface area contributed by atoms with Crippen LogP contribution in [0.4, 0.5) is 8.78 Å². The summed E-state index contributed by atoms with van der Waals surface area (Å²) in [5.74, 6) is 0.882. The molecule has 1 saturated heterocycles. The molecule has 0 bridgehead atoms. The smallest absolute Gasteiger partial charge is 0.123 e. The van der Waals surface area contributed by atoms with Crippen molar-refractivity contribution in [3.8, 4) is 0 Å². The molecule has 2 aliphatic heterocycles. The van der Waals surface area contributed by atoms with Crippen LogP contribution in [-0.2, 0) is 0 Å². The molecule has 2 aromatic rings. The van der Waals surface area contributed by atoms with Gasteiger partial charge in [0.1, 0.15) is 11.6 Å². The second-order valence-corrected chi connectivity index (χ2v) is 9.08. The number of nitrogens with zero attached hydrogens (tertiary/aromatic N) is 1. The largest absolute Gasteiger partial charge is 0.307 e. The fourth-order valence-electron chi connectivity index (χ4n) is 4.23. The maximum absolute atomic E-state index is 12.8. The van der Waals surface area contributed by atoms with Crippen LogP contribution < -0.4 is 5.32 Å². The van der Waals surface area contributed by atoms with Crippen LogP contribution in [0.5, 0.6) is 0 Å². The minimum atomic E-state index is -0.176. The quantitative estimate of drug-likeness (QED) is 0.486. The van der Waals surface area contributed by atoms with Crippen LogP contribution in [0.25, 0.3) is 0 Å². The molecule has 4 rings (SSSR count). The van der Waals surface area contributed by atoms with Gasteiger partial charge in [-0.25, -0.2) is 8.78 Å². The average Bonchev–Trinajstić information content (AvgIpc) is 3.47. The van der Waals surface area contributed by atoms with Crippen molar-refractivity contribution in [1.82, 2.24) is 5.32 Å². The first-order chi connectivity index (χ1) is 15.7. The van der Waals surface area contributed by atoms with Crippen molar-refractivity contribution >= 4 is 5.71 Å². The summed E-state index contributed by atoms with van der Waals surface area (Å²) < 4.78 is 31.7. The van der Waals surface area contributed by atoms with Gasteiger partial charge in [-0.1, -0.05) is 73.2 Å². The number of rotatable bonds is 4. The normalized spacial score (nSPS) is 21.9. The van der Waals surface area contributed by atoms with E-state index >= 15 is 0 Å². The van der Waals surface area contributed by atoms with E-state index in [2.05, 4.69) is 38.0 Å². The Morgan fingerprint density at radius 2 is 1.39 bits per heavy atom. The van der Waals surface area contributed by atoms with Gasteiger partial charge in [0.2, 0.25) is 0 Å². The summed E-state index contributed by atoms with van der Waals surface area (Å²) in [6.07, 6.45) is 4.53. The summed E-state index contributed by atoms with van der Waals surface area (Å²) in [4.78, 5) is 4.68. The molecule has 2 aromatic carbocycles. The minimum absolute atomic E-state index is 0. The van der Waals surface area contributed by atoms with Gasteiger partial charge in [0, 0.05) is 19.2 Å². The third kappa shape index (κ3) is 8.66. The van der Waals surface area contributed by atoms with Gasteiger partial charge >= 0.3 is 0 Å². The van der Waals surface area contributed by atoms with E-state index in [0.29, 0.717) is 30.8 Å². The number of aliphatic imine (C=N–C) groups is 1. The molecule has 0 unspecified atom stereocenters. The van der Waals surface area contributed by atoms with Gasteiger partial charge in [0.25, 0.3) is 0 Å². The molecule has 0 aromatic heterocycles. The molecule has 33 heavy (non-hydrogen) atoms. The highest BCUT2D eigenvalue weighted by Gasteiger charge is 2.26. The molecule has 0 aliphatic carbocycles. The van der Waals surface area contributed by atoms with E-state index in [1.807, 2.05) is 24.3 Å². The number of halogens is 2. The lowest BCUT2D eigenvalue weighted by Gasteiger charge is -2.17. The number of hydrogen-bond acceptors (Lipinski definition) is 2. The molecule has 2 nitrogen and oxygen atoms in total. The van der Waals surface area contributed by atoms with Crippen molar-refractivity contribution < 1.29 is 10.2 Å². The second-order valence-electron chi connectivity index (χ2n) is 9.08. The molecular formula is C29H44F2N2. The SMILES string of the molecule is C.CC(C)C1=N[C@H](c2ccc(F)cc2)CC1.CC(C)[C@H]1CC[C@@H](c2ccc(F)cc2)N1.[2H]CC. The van der Waals surface area contributed by atoms with E-state index in [1.54, 1.807) is 19.1 Å². The molecule has 184 valence electrons. The van der Waals surface area contributed by atoms with Crippen molar-refractivity contribution in [2.24, 2.45) is 16.8 Å². The van der Waals surface area contributed by atoms with Gasteiger partial charge in [-0.3, -0.25) is 4.99 Å². The van der Waals surface area contributed by atoms with Gasteiger partial charge < -0.3 is 5.32 Å². The van der Waals surface area contributed by atoms with E-state index in [-0.39, 0.29) is 25.1 Å².